The third-order valence-corrected chi connectivity index (χ3v) is 4.39. The Morgan fingerprint density at radius 2 is 1.92 bits per heavy atom. The van der Waals surface area contributed by atoms with Crippen molar-refractivity contribution in [3.8, 4) is 0 Å². The molecule has 0 amide bonds. The van der Waals surface area contributed by atoms with Gasteiger partial charge in [-0.25, -0.2) is 4.98 Å². The maximum absolute atomic E-state index is 12.5. The minimum Gasteiger partial charge on any atom is -0.306 e. The van der Waals surface area contributed by atoms with Gasteiger partial charge in [0, 0.05) is 18.6 Å². The van der Waals surface area contributed by atoms with Crippen molar-refractivity contribution >= 4 is 10.9 Å². The van der Waals surface area contributed by atoms with Crippen molar-refractivity contribution in [3.63, 3.8) is 0 Å². The van der Waals surface area contributed by atoms with Gasteiger partial charge in [0.15, 0.2) is 0 Å². The van der Waals surface area contributed by atoms with E-state index in [1.54, 1.807) is 10.9 Å². The molecule has 0 spiro atoms. The van der Waals surface area contributed by atoms with Crippen molar-refractivity contribution in [3.05, 3.63) is 76.3 Å². The van der Waals surface area contributed by atoms with Gasteiger partial charge in [0.1, 0.15) is 0 Å². The average Bonchev–Trinajstić information content (AvgIpc) is 2.57. The molecule has 0 bridgehead atoms. The van der Waals surface area contributed by atoms with E-state index in [0.717, 1.165) is 5.52 Å². The first-order valence-corrected chi connectivity index (χ1v) is 8.24. The first-order chi connectivity index (χ1) is 11.5. The summed E-state index contributed by atoms with van der Waals surface area (Å²) in [6, 6.07) is 15.9. The van der Waals surface area contributed by atoms with Gasteiger partial charge in [0.2, 0.25) is 0 Å². The van der Waals surface area contributed by atoms with E-state index in [-0.39, 0.29) is 11.1 Å². The van der Waals surface area contributed by atoms with E-state index in [4.69, 9.17) is 0 Å². The Morgan fingerprint density at radius 1 is 1.12 bits per heavy atom. The monoisotopic (exact) mass is 321 g/mol. The molecule has 0 atom stereocenters. The summed E-state index contributed by atoms with van der Waals surface area (Å²) in [4.78, 5) is 16.9. The van der Waals surface area contributed by atoms with Crippen molar-refractivity contribution < 1.29 is 0 Å². The molecule has 1 N–H and O–H groups in total. The predicted molar refractivity (Wildman–Crippen MR) is 98.2 cm³/mol. The van der Waals surface area contributed by atoms with Crippen LogP contribution in [0.15, 0.2) is 59.7 Å². The normalized spacial score (nSPS) is 11.8. The molecular formula is C20H23N3O. The molecule has 0 radical (unpaired) electrons. The van der Waals surface area contributed by atoms with E-state index < -0.39 is 0 Å². The van der Waals surface area contributed by atoms with Gasteiger partial charge in [-0.05, 0) is 38.5 Å². The van der Waals surface area contributed by atoms with Gasteiger partial charge in [-0.15, -0.1) is 0 Å². The van der Waals surface area contributed by atoms with Gasteiger partial charge < -0.3 is 5.32 Å². The van der Waals surface area contributed by atoms with Crippen molar-refractivity contribution in [1.29, 1.82) is 0 Å². The summed E-state index contributed by atoms with van der Waals surface area (Å²) in [5.74, 6) is 0. The molecule has 124 valence electrons. The summed E-state index contributed by atoms with van der Waals surface area (Å²) in [6.07, 6.45) is 1.63. The molecule has 0 saturated heterocycles. The molecular weight excluding hydrogens is 298 g/mol. The molecule has 0 saturated carbocycles. The number of aromatic nitrogens is 2. The van der Waals surface area contributed by atoms with Crippen molar-refractivity contribution in [2.24, 2.45) is 0 Å². The Labute approximate surface area is 142 Å². The second-order valence-electron chi connectivity index (χ2n) is 6.68. The molecule has 0 unspecified atom stereocenters. The zero-order valence-corrected chi connectivity index (χ0v) is 14.4. The fraction of sp³-hybridized carbons (Fsp3) is 0.300. The van der Waals surface area contributed by atoms with Gasteiger partial charge >= 0.3 is 0 Å². The molecule has 4 heteroatoms. The minimum absolute atomic E-state index is 0.00996. The summed E-state index contributed by atoms with van der Waals surface area (Å²) >= 11 is 0. The van der Waals surface area contributed by atoms with Crippen LogP contribution >= 0.6 is 0 Å². The van der Waals surface area contributed by atoms with Crippen LogP contribution < -0.4 is 10.9 Å². The second-order valence-corrected chi connectivity index (χ2v) is 6.68. The highest BCUT2D eigenvalue weighted by Gasteiger charge is 2.19. The summed E-state index contributed by atoms with van der Waals surface area (Å²) < 4.78 is 1.67. The lowest BCUT2D eigenvalue weighted by atomic mass is 9.93. The third-order valence-electron chi connectivity index (χ3n) is 4.39. The number of aryl methyl sites for hydroxylation is 1. The predicted octanol–water partition coefficient (Wildman–Crippen LogP) is 3.23. The van der Waals surface area contributed by atoms with Gasteiger partial charge in [-0.1, -0.05) is 42.0 Å². The van der Waals surface area contributed by atoms with Gasteiger partial charge in [0.25, 0.3) is 5.56 Å². The summed E-state index contributed by atoms with van der Waals surface area (Å²) in [5, 5.41) is 4.20. The third kappa shape index (κ3) is 3.39. The van der Waals surface area contributed by atoms with Crippen molar-refractivity contribution in [2.45, 2.75) is 32.9 Å². The zero-order chi connectivity index (χ0) is 17.2. The fourth-order valence-electron chi connectivity index (χ4n) is 2.89. The van der Waals surface area contributed by atoms with Crippen LogP contribution in [-0.4, -0.2) is 16.1 Å². The number of para-hydroxylation sites is 1. The number of rotatable bonds is 5. The topological polar surface area (TPSA) is 46.9 Å². The van der Waals surface area contributed by atoms with Crippen LogP contribution in [0.2, 0.25) is 0 Å². The van der Waals surface area contributed by atoms with Gasteiger partial charge in [0.05, 0.1) is 17.2 Å². The maximum Gasteiger partial charge on any atom is 0.261 e. The highest BCUT2D eigenvalue weighted by molar-refractivity contribution is 5.76. The quantitative estimate of drug-likeness (QED) is 0.785. The van der Waals surface area contributed by atoms with Crippen LogP contribution in [0.4, 0.5) is 0 Å². The van der Waals surface area contributed by atoms with Crippen LogP contribution in [0.5, 0.6) is 0 Å². The van der Waals surface area contributed by atoms with Crippen LogP contribution in [-0.2, 0) is 12.1 Å². The average molecular weight is 321 g/mol. The number of fused-ring (bicyclic) bond motifs is 1. The first-order valence-electron chi connectivity index (χ1n) is 8.24. The van der Waals surface area contributed by atoms with Crippen LogP contribution in [0.25, 0.3) is 10.9 Å². The number of nitrogens with zero attached hydrogens (tertiary/aromatic N) is 2. The Hall–Kier alpha value is -2.46. The molecule has 1 aromatic heterocycles. The molecule has 0 aliphatic heterocycles. The summed E-state index contributed by atoms with van der Waals surface area (Å²) in [5.41, 5.74) is 3.09. The lowest BCUT2D eigenvalue weighted by Crippen LogP contribution is -2.39. The van der Waals surface area contributed by atoms with Gasteiger partial charge in [-0.3, -0.25) is 9.36 Å². The zero-order valence-electron chi connectivity index (χ0n) is 14.4. The first kappa shape index (κ1) is 16.4. The standard InChI is InChI=1S/C20H23N3O/c1-15-7-6-8-16(13-15)20(2,3)22-11-12-23-14-21-18-10-5-4-9-17(18)19(23)24/h4-10,13-14,22H,11-12H2,1-3H3. The fourth-order valence-corrected chi connectivity index (χ4v) is 2.89. The summed E-state index contributed by atoms with van der Waals surface area (Å²) in [6.45, 7) is 7.69. The van der Waals surface area contributed by atoms with E-state index in [0.29, 0.717) is 18.5 Å². The van der Waals surface area contributed by atoms with E-state index in [2.05, 4.69) is 55.3 Å². The Balaban J connectivity index is 1.72. The van der Waals surface area contributed by atoms with Crippen LogP contribution in [0, 0.1) is 6.92 Å². The number of hydrogen-bond acceptors (Lipinski definition) is 3. The second kappa shape index (κ2) is 6.57. The molecule has 4 nitrogen and oxygen atoms in total. The van der Waals surface area contributed by atoms with Crippen molar-refractivity contribution in [1.82, 2.24) is 14.9 Å². The number of nitrogens with one attached hydrogen (secondary N) is 1. The molecule has 0 aliphatic rings. The van der Waals surface area contributed by atoms with E-state index in [9.17, 15) is 4.79 Å². The Morgan fingerprint density at radius 3 is 2.71 bits per heavy atom. The highest BCUT2D eigenvalue weighted by atomic mass is 16.1. The Bertz CT molecular complexity index is 912. The highest BCUT2D eigenvalue weighted by Crippen LogP contribution is 2.20. The maximum atomic E-state index is 12.5. The molecule has 1 heterocycles. The smallest absolute Gasteiger partial charge is 0.261 e. The largest absolute Gasteiger partial charge is 0.306 e. The number of benzene rings is 2. The molecule has 3 rings (SSSR count). The molecule has 0 aliphatic carbocycles. The molecule has 0 fully saturated rings. The van der Waals surface area contributed by atoms with E-state index in [1.807, 2.05) is 24.3 Å². The van der Waals surface area contributed by atoms with E-state index >= 15 is 0 Å². The molecule has 2 aromatic carbocycles. The number of hydrogen-bond donors (Lipinski definition) is 1. The van der Waals surface area contributed by atoms with E-state index in [1.165, 1.54) is 11.1 Å². The van der Waals surface area contributed by atoms with Crippen LogP contribution in [0.3, 0.4) is 0 Å². The Kier molecular flexibility index (Phi) is 4.49. The molecule has 3 aromatic rings. The van der Waals surface area contributed by atoms with Crippen LogP contribution in [0.1, 0.15) is 25.0 Å². The van der Waals surface area contributed by atoms with Crippen molar-refractivity contribution in [2.75, 3.05) is 6.54 Å². The van der Waals surface area contributed by atoms with Gasteiger partial charge in [-0.2, -0.15) is 0 Å². The minimum atomic E-state index is -0.153. The summed E-state index contributed by atoms with van der Waals surface area (Å²) in [7, 11) is 0. The molecule has 24 heavy (non-hydrogen) atoms. The lowest BCUT2D eigenvalue weighted by molar-refractivity contribution is 0.389. The lowest BCUT2D eigenvalue weighted by Gasteiger charge is -2.27. The SMILES string of the molecule is Cc1cccc(C(C)(C)NCCn2cnc3ccccc3c2=O)c1.